The maximum atomic E-state index is 13.7. The zero-order valence-corrected chi connectivity index (χ0v) is 21.9. The number of methoxy groups -OCH3 is 2. The number of nitrogens with zero attached hydrogens (tertiary/aromatic N) is 2. The molecule has 0 aliphatic carbocycles. The van der Waals surface area contributed by atoms with Gasteiger partial charge in [-0.15, -0.1) is 0 Å². The van der Waals surface area contributed by atoms with Crippen LogP contribution in [0.5, 0.6) is 11.5 Å². The molecule has 0 spiro atoms. The number of hydrogen-bond acceptors (Lipinski definition) is 6. The molecule has 8 nitrogen and oxygen atoms in total. The van der Waals surface area contributed by atoms with E-state index in [1.165, 1.54) is 0 Å². The summed E-state index contributed by atoms with van der Waals surface area (Å²) in [4.78, 5) is 30.0. The third kappa shape index (κ3) is 7.60. The molecule has 1 saturated heterocycles. The smallest absolute Gasteiger partial charge is 0.254 e. The number of hydrogen-bond donors (Lipinski definition) is 1. The summed E-state index contributed by atoms with van der Waals surface area (Å²) < 4.78 is 16.4. The van der Waals surface area contributed by atoms with Crippen molar-refractivity contribution in [3.05, 3.63) is 23.8 Å². The Balaban J connectivity index is 2.20. The van der Waals surface area contributed by atoms with E-state index in [1.54, 1.807) is 32.4 Å². The van der Waals surface area contributed by atoms with Crippen LogP contribution in [-0.4, -0.2) is 87.8 Å². The quantitative estimate of drug-likeness (QED) is 0.440. The number of nitrogens with one attached hydrogen (secondary N) is 1. The maximum Gasteiger partial charge on any atom is 0.254 e. The van der Waals surface area contributed by atoms with Crippen molar-refractivity contribution in [3.8, 4) is 11.5 Å². The van der Waals surface area contributed by atoms with Crippen LogP contribution in [0.2, 0.25) is 0 Å². The Kier molecular flexibility index (Phi) is 11.1. The molecule has 1 aromatic carbocycles. The van der Waals surface area contributed by atoms with Gasteiger partial charge >= 0.3 is 0 Å². The molecule has 1 fully saturated rings. The molecule has 2 rings (SSSR count). The molecule has 1 heterocycles. The van der Waals surface area contributed by atoms with Crippen LogP contribution in [0.1, 0.15) is 50.9 Å². The predicted octanol–water partition coefficient (Wildman–Crippen LogP) is 3.05. The summed E-state index contributed by atoms with van der Waals surface area (Å²) in [6.07, 6.45) is 1.28. The molecular weight excluding hydrogens is 434 g/mol. The Morgan fingerprint density at radius 1 is 1.09 bits per heavy atom. The predicted molar refractivity (Wildman–Crippen MR) is 134 cm³/mol. The second-order valence-corrected chi connectivity index (χ2v) is 9.72. The first kappa shape index (κ1) is 27.9. The lowest BCUT2D eigenvalue weighted by molar-refractivity contribution is -0.131. The molecule has 192 valence electrons. The van der Waals surface area contributed by atoms with Crippen LogP contribution in [0.25, 0.3) is 0 Å². The van der Waals surface area contributed by atoms with Crippen molar-refractivity contribution in [2.45, 2.75) is 52.6 Å². The minimum Gasteiger partial charge on any atom is -0.493 e. The van der Waals surface area contributed by atoms with Crippen LogP contribution in [0.15, 0.2) is 18.2 Å². The van der Waals surface area contributed by atoms with Crippen molar-refractivity contribution in [2.75, 3.05) is 54.1 Å². The second-order valence-electron chi connectivity index (χ2n) is 9.72. The van der Waals surface area contributed by atoms with Gasteiger partial charge in [-0.1, -0.05) is 13.8 Å². The van der Waals surface area contributed by atoms with Crippen LogP contribution in [-0.2, 0) is 9.53 Å². The lowest BCUT2D eigenvalue weighted by atomic mass is 9.98. The highest BCUT2D eigenvalue weighted by Crippen LogP contribution is 2.30. The lowest BCUT2D eigenvalue weighted by Gasteiger charge is -2.37. The third-order valence-electron chi connectivity index (χ3n) is 6.13. The maximum absolute atomic E-state index is 13.7. The summed E-state index contributed by atoms with van der Waals surface area (Å²) in [5.74, 6) is 1.73. The van der Waals surface area contributed by atoms with Crippen LogP contribution < -0.4 is 14.8 Å². The van der Waals surface area contributed by atoms with E-state index < -0.39 is 0 Å². The molecule has 1 aliphatic heterocycles. The van der Waals surface area contributed by atoms with Crippen LogP contribution in [0, 0.1) is 11.8 Å². The summed E-state index contributed by atoms with van der Waals surface area (Å²) in [5, 5.41) is 3.43. The summed E-state index contributed by atoms with van der Waals surface area (Å²) in [5.41, 5.74) is 0.561. The minimum absolute atomic E-state index is 0.00439. The van der Waals surface area contributed by atoms with Gasteiger partial charge in [0.2, 0.25) is 5.91 Å². The molecule has 1 aliphatic rings. The van der Waals surface area contributed by atoms with Crippen molar-refractivity contribution in [2.24, 2.45) is 11.8 Å². The molecule has 0 aromatic heterocycles. The molecule has 0 bridgehead atoms. The number of carbonyl (C=O) groups excluding carboxylic acids is 2. The molecule has 8 heteroatoms. The van der Waals surface area contributed by atoms with Gasteiger partial charge in [0.05, 0.1) is 19.8 Å². The topological polar surface area (TPSA) is 80.3 Å². The third-order valence-corrected chi connectivity index (χ3v) is 6.13. The first-order valence-electron chi connectivity index (χ1n) is 12.3. The average Bonchev–Trinajstić information content (AvgIpc) is 3.23. The average molecular weight is 478 g/mol. The molecule has 1 aromatic rings. The summed E-state index contributed by atoms with van der Waals surface area (Å²) in [6.45, 7) is 11.3. The van der Waals surface area contributed by atoms with Gasteiger partial charge in [0.25, 0.3) is 5.91 Å². The van der Waals surface area contributed by atoms with Gasteiger partial charge in [0.15, 0.2) is 11.5 Å². The van der Waals surface area contributed by atoms with E-state index >= 15 is 0 Å². The standard InChI is InChI=1S/C26H43N3O5/c1-18(2)13-25(30)28(5)17-21-15-27-16-22(21)29(19(3)4)26(31)20-9-10-23(33-7)24(14-20)34-12-8-11-32-6/h9-10,14,18-19,21-22,27H,8,11-13,15-17H2,1-7H3/t21-,22+/m0/s1. The fourth-order valence-electron chi connectivity index (χ4n) is 4.41. The van der Waals surface area contributed by atoms with Crippen molar-refractivity contribution >= 4 is 11.8 Å². The fraction of sp³-hybridized carbons (Fsp3) is 0.692. The van der Waals surface area contributed by atoms with E-state index in [0.29, 0.717) is 55.7 Å². The molecule has 0 unspecified atom stereocenters. The first-order chi connectivity index (χ1) is 16.2. The summed E-state index contributed by atoms with van der Waals surface area (Å²) in [7, 11) is 5.10. The molecular formula is C26H43N3O5. The summed E-state index contributed by atoms with van der Waals surface area (Å²) >= 11 is 0. The fourth-order valence-corrected chi connectivity index (χ4v) is 4.41. The summed E-state index contributed by atoms with van der Waals surface area (Å²) in [6, 6.07) is 5.33. The van der Waals surface area contributed by atoms with Crippen molar-refractivity contribution in [1.29, 1.82) is 0 Å². The van der Waals surface area contributed by atoms with E-state index in [1.807, 2.05) is 30.7 Å². The van der Waals surface area contributed by atoms with Crippen LogP contribution >= 0.6 is 0 Å². The normalized spacial score (nSPS) is 17.8. The van der Waals surface area contributed by atoms with Gasteiger partial charge in [-0.25, -0.2) is 0 Å². The van der Waals surface area contributed by atoms with Gasteiger partial charge in [0.1, 0.15) is 0 Å². The Bertz CT molecular complexity index is 799. The van der Waals surface area contributed by atoms with Crippen LogP contribution in [0.4, 0.5) is 0 Å². The van der Waals surface area contributed by atoms with Gasteiger partial charge in [-0.3, -0.25) is 9.59 Å². The van der Waals surface area contributed by atoms with Crippen molar-refractivity contribution < 1.29 is 23.8 Å². The largest absolute Gasteiger partial charge is 0.493 e. The molecule has 2 atom stereocenters. The van der Waals surface area contributed by atoms with E-state index in [4.69, 9.17) is 14.2 Å². The molecule has 1 N–H and O–H groups in total. The highest BCUT2D eigenvalue weighted by Gasteiger charge is 2.37. The number of carbonyl (C=O) groups is 2. The Hall–Kier alpha value is -2.32. The zero-order valence-electron chi connectivity index (χ0n) is 21.9. The number of rotatable bonds is 13. The molecule has 34 heavy (non-hydrogen) atoms. The van der Waals surface area contributed by atoms with E-state index in [0.717, 1.165) is 13.0 Å². The molecule has 0 radical (unpaired) electrons. The first-order valence-corrected chi connectivity index (χ1v) is 12.3. The lowest BCUT2D eigenvalue weighted by Crippen LogP contribution is -2.51. The van der Waals surface area contributed by atoms with Crippen molar-refractivity contribution in [1.82, 2.24) is 15.1 Å². The minimum atomic E-state index is -0.0470. The Morgan fingerprint density at radius 2 is 1.82 bits per heavy atom. The highest BCUT2D eigenvalue weighted by atomic mass is 16.5. The van der Waals surface area contributed by atoms with Gasteiger partial charge in [-0.05, 0) is 38.0 Å². The SMILES string of the molecule is COCCCOc1cc(C(=O)N(C(C)C)[C@@H]2CNC[C@H]2CN(C)C(=O)CC(C)C)ccc1OC. The monoisotopic (exact) mass is 477 g/mol. The number of amides is 2. The zero-order chi connectivity index (χ0) is 25.3. The van der Waals surface area contributed by atoms with E-state index in [-0.39, 0.29) is 29.8 Å². The molecule has 0 saturated carbocycles. The van der Waals surface area contributed by atoms with Gasteiger partial charge in [0, 0.05) is 70.8 Å². The van der Waals surface area contributed by atoms with Crippen molar-refractivity contribution in [3.63, 3.8) is 0 Å². The van der Waals surface area contributed by atoms with Crippen LogP contribution in [0.3, 0.4) is 0 Å². The van der Waals surface area contributed by atoms with Gasteiger partial charge < -0.3 is 29.3 Å². The van der Waals surface area contributed by atoms with E-state index in [2.05, 4.69) is 19.2 Å². The second kappa shape index (κ2) is 13.5. The highest BCUT2D eigenvalue weighted by molar-refractivity contribution is 5.95. The number of ether oxygens (including phenoxy) is 3. The van der Waals surface area contributed by atoms with Gasteiger partial charge in [-0.2, -0.15) is 0 Å². The molecule has 2 amide bonds. The number of benzene rings is 1. The van der Waals surface area contributed by atoms with E-state index in [9.17, 15) is 9.59 Å². The Labute approximate surface area is 204 Å². The Morgan fingerprint density at radius 3 is 2.44 bits per heavy atom.